The van der Waals surface area contributed by atoms with Crippen LogP contribution in [0.25, 0.3) is 0 Å². The maximum Gasteiger partial charge on any atom is 0.323 e. The lowest BCUT2D eigenvalue weighted by molar-refractivity contribution is 0.119. The number of benzene rings is 4. The summed E-state index contributed by atoms with van der Waals surface area (Å²) in [5.74, 6) is 2.44. The third-order valence-electron chi connectivity index (χ3n) is 8.22. The summed E-state index contributed by atoms with van der Waals surface area (Å²) in [6.45, 7) is 1.32. The molecule has 0 fully saturated rings. The van der Waals surface area contributed by atoms with E-state index in [1.54, 1.807) is 28.4 Å². The number of anilines is 2. The molecule has 0 bridgehead atoms. The maximum atomic E-state index is 14.1. The average molecular weight is 617 g/mol. The van der Waals surface area contributed by atoms with Crippen LogP contribution in [-0.4, -0.2) is 41.5 Å². The summed E-state index contributed by atoms with van der Waals surface area (Å²) >= 11 is 0. The second-order valence-electron chi connectivity index (χ2n) is 10.6. The van der Waals surface area contributed by atoms with Crippen molar-refractivity contribution in [3.8, 4) is 23.0 Å². The van der Waals surface area contributed by atoms with E-state index in [0.29, 0.717) is 36.1 Å². The molecule has 2 aliphatic rings. The standard InChI is InChI=1S/C34H37N2O7P/c1-38-29-19-23-15-17-35(25-11-7-5-8-12-25)33(27(23)21-31(29)40-3)42-44(37)43-34-28-22-32(41-4)30(39-2)20-24(28)16-18-36(34)26-13-9-6-10-14-26/h5-14,19-22,33-34,44H,15-18H2,1-4H3/t33-,34-/m0/s1. The number of fused-ring (bicyclic) bond motifs is 2. The van der Waals surface area contributed by atoms with Crippen molar-refractivity contribution in [3.05, 3.63) is 107 Å². The van der Waals surface area contributed by atoms with E-state index in [4.69, 9.17) is 28.0 Å². The quantitative estimate of drug-likeness (QED) is 0.176. The first kappa shape index (κ1) is 29.9. The molecule has 0 saturated carbocycles. The molecule has 6 rings (SSSR count). The Kier molecular flexibility index (Phi) is 8.98. The molecule has 2 atom stereocenters. The molecule has 0 spiro atoms. The summed E-state index contributed by atoms with van der Waals surface area (Å²) in [6.07, 6.45) is 0.161. The van der Waals surface area contributed by atoms with Gasteiger partial charge in [-0.25, -0.2) is 0 Å². The molecule has 0 saturated heterocycles. The van der Waals surface area contributed by atoms with Crippen molar-refractivity contribution < 1.29 is 32.6 Å². The van der Waals surface area contributed by atoms with Crippen LogP contribution in [0.5, 0.6) is 23.0 Å². The molecule has 0 aliphatic carbocycles. The number of para-hydroxylation sites is 2. The highest BCUT2D eigenvalue weighted by Crippen LogP contribution is 2.49. The molecular weight excluding hydrogens is 579 g/mol. The van der Waals surface area contributed by atoms with E-state index in [2.05, 4.69) is 9.80 Å². The Morgan fingerprint density at radius 1 is 0.568 bits per heavy atom. The van der Waals surface area contributed by atoms with Crippen LogP contribution in [0.15, 0.2) is 84.9 Å². The molecule has 4 aromatic carbocycles. The van der Waals surface area contributed by atoms with Gasteiger partial charge in [0.1, 0.15) is 0 Å². The molecule has 0 unspecified atom stereocenters. The third kappa shape index (κ3) is 5.83. The van der Waals surface area contributed by atoms with Crippen LogP contribution < -0.4 is 28.7 Å². The van der Waals surface area contributed by atoms with Crippen molar-refractivity contribution in [2.75, 3.05) is 51.3 Å². The van der Waals surface area contributed by atoms with E-state index in [-0.39, 0.29) is 0 Å². The lowest BCUT2D eigenvalue weighted by atomic mass is 9.96. The van der Waals surface area contributed by atoms with Gasteiger partial charge in [-0.15, -0.1) is 0 Å². The van der Waals surface area contributed by atoms with E-state index in [1.165, 1.54) is 0 Å². The Bertz CT molecular complexity index is 1500. The Labute approximate surface area is 258 Å². The normalized spacial score (nSPS) is 17.6. The zero-order valence-electron chi connectivity index (χ0n) is 25.3. The summed E-state index contributed by atoms with van der Waals surface area (Å²) in [4.78, 5) is 4.22. The molecule has 10 heteroatoms. The zero-order chi connectivity index (χ0) is 30.6. The van der Waals surface area contributed by atoms with Gasteiger partial charge >= 0.3 is 8.25 Å². The van der Waals surface area contributed by atoms with E-state index in [0.717, 1.165) is 46.5 Å². The third-order valence-corrected chi connectivity index (χ3v) is 9.06. The van der Waals surface area contributed by atoms with E-state index < -0.39 is 20.7 Å². The first-order valence-electron chi connectivity index (χ1n) is 14.5. The summed E-state index contributed by atoms with van der Waals surface area (Å²) in [7, 11) is 3.35. The Morgan fingerprint density at radius 2 is 0.932 bits per heavy atom. The number of nitrogens with zero attached hydrogens (tertiary/aromatic N) is 2. The fourth-order valence-electron chi connectivity index (χ4n) is 6.05. The molecule has 0 radical (unpaired) electrons. The summed E-state index contributed by atoms with van der Waals surface area (Å²) in [6, 6.07) is 27.7. The van der Waals surface area contributed by atoms with Gasteiger partial charge in [0.05, 0.1) is 28.4 Å². The van der Waals surface area contributed by atoms with Crippen LogP contribution in [0.2, 0.25) is 0 Å². The zero-order valence-corrected chi connectivity index (χ0v) is 26.3. The van der Waals surface area contributed by atoms with Crippen LogP contribution in [0, 0.1) is 0 Å². The number of hydrogen-bond donors (Lipinski definition) is 0. The van der Waals surface area contributed by atoms with Gasteiger partial charge in [0.15, 0.2) is 35.5 Å². The largest absolute Gasteiger partial charge is 0.493 e. The predicted octanol–water partition coefficient (Wildman–Crippen LogP) is 6.97. The fourth-order valence-corrected chi connectivity index (χ4v) is 6.98. The molecule has 0 aromatic heterocycles. The fraction of sp³-hybridized carbons (Fsp3) is 0.294. The summed E-state index contributed by atoms with van der Waals surface area (Å²) in [5, 5.41) is 0. The second kappa shape index (κ2) is 13.2. The van der Waals surface area contributed by atoms with Crippen molar-refractivity contribution in [2.24, 2.45) is 0 Å². The van der Waals surface area contributed by atoms with Gasteiger partial charge in [-0.1, -0.05) is 36.4 Å². The molecular formula is C34H37N2O7P. The Hall–Kier alpha value is -4.17. The maximum absolute atomic E-state index is 14.1. The number of rotatable bonds is 10. The Balaban J connectivity index is 1.37. The molecule has 2 aliphatic heterocycles. The van der Waals surface area contributed by atoms with Gasteiger partial charge in [-0.2, -0.15) is 0 Å². The minimum Gasteiger partial charge on any atom is -0.493 e. The van der Waals surface area contributed by atoms with E-state index in [9.17, 15) is 4.57 Å². The predicted molar refractivity (Wildman–Crippen MR) is 171 cm³/mol. The lowest BCUT2D eigenvalue weighted by Gasteiger charge is -2.40. The van der Waals surface area contributed by atoms with Crippen LogP contribution >= 0.6 is 8.25 Å². The average Bonchev–Trinajstić information content (AvgIpc) is 3.08. The highest BCUT2D eigenvalue weighted by Gasteiger charge is 2.35. The van der Waals surface area contributed by atoms with Gasteiger partial charge in [0.2, 0.25) is 0 Å². The van der Waals surface area contributed by atoms with Crippen molar-refractivity contribution in [3.63, 3.8) is 0 Å². The number of ether oxygens (including phenoxy) is 4. The number of hydrogen-bond acceptors (Lipinski definition) is 9. The number of methoxy groups -OCH3 is 4. The van der Waals surface area contributed by atoms with Crippen LogP contribution in [0.3, 0.4) is 0 Å². The van der Waals surface area contributed by atoms with Crippen molar-refractivity contribution >= 4 is 19.6 Å². The summed E-state index contributed by atoms with van der Waals surface area (Å²) in [5.41, 5.74) is 5.71. The van der Waals surface area contributed by atoms with E-state index >= 15 is 0 Å². The van der Waals surface area contributed by atoms with Gasteiger partial charge < -0.3 is 28.7 Å². The van der Waals surface area contributed by atoms with Crippen LogP contribution in [0.1, 0.15) is 34.7 Å². The van der Waals surface area contributed by atoms with Crippen molar-refractivity contribution in [1.29, 1.82) is 0 Å². The van der Waals surface area contributed by atoms with Crippen molar-refractivity contribution in [2.45, 2.75) is 25.3 Å². The molecule has 0 amide bonds. The summed E-state index contributed by atoms with van der Waals surface area (Å²) < 4.78 is 49.4. The SMILES string of the molecule is COc1cc2c(cc1OC)[C@H](O[PH](=O)O[C@H]1c3cc(OC)c(OC)cc3CCN1c1ccccc1)N(c1ccccc1)CC2. The molecule has 44 heavy (non-hydrogen) atoms. The van der Waals surface area contributed by atoms with Gasteiger partial charge in [-0.3, -0.25) is 13.6 Å². The van der Waals surface area contributed by atoms with Gasteiger partial charge in [0, 0.05) is 35.6 Å². The van der Waals surface area contributed by atoms with Gasteiger partial charge in [0.25, 0.3) is 0 Å². The molecule has 4 aromatic rings. The molecule has 0 N–H and O–H groups in total. The monoisotopic (exact) mass is 616 g/mol. The van der Waals surface area contributed by atoms with Gasteiger partial charge in [-0.05, 0) is 72.5 Å². The minimum atomic E-state index is -3.10. The minimum absolute atomic E-state index is 0.577. The highest BCUT2D eigenvalue weighted by atomic mass is 31.1. The van der Waals surface area contributed by atoms with Crippen molar-refractivity contribution in [1.82, 2.24) is 0 Å². The van der Waals surface area contributed by atoms with Crippen LogP contribution in [-0.2, 0) is 26.5 Å². The van der Waals surface area contributed by atoms with Crippen LogP contribution in [0.4, 0.5) is 11.4 Å². The van der Waals surface area contributed by atoms with E-state index in [1.807, 2.05) is 84.9 Å². The molecule has 9 nitrogen and oxygen atoms in total. The topological polar surface area (TPSA) is 78.9 Å². The first-order chi connectivity index (χ1) is 21.5. The molecule has 2 heterocycles. The lowest BCUT2D eigenvalue weighted by Crippen LogP contribution is -2.37. The first-order valence-corrected chi connectivity index (χ1v) is 15.8. The highest BCUT2D eigenvalue weighted by molar-refractivity contribution is 7.33. The Morgan fingerprint density at radius 3 is 1.30 bits per heavy atom. The second-order valence-corrected chi connectivity index (χ2v) is 11.5. The molecule has 230 valence electrons. The smallest absolute Gasteiger partial charge is 0.323 e.